The summed E-state index contributed by atoms with van der Waals surface area (Å²) in [4.78, 5) is 0. The topological polar surface area (TPSA) is 9.23 Å². The predicted molar refractivity (Wildman–Crippen MR) is 128 cm³/mol. The number of benzene rings is 4. The first kappa shape index (κ1) is 23.3. The molecule has 0 aromatic heterocycles. The van der Waals surface area contributed by atoms with Gasteiger partial charge in [-0.25, -0.2) is 13.2 Å². The van der Waals surface area contributed by atoms with E-state index in [0.29, 0.717) is 16.7 Å². The Bertz CT molecular complexity index is 1340. The molecule has 0 unspecified atom stereocenters. The minimum atomic E-state index is -1.05. The summed E-state index contributed by atoms with van der Waals surface area (Å²) in [6, 6.07) is 19.9. The van der Waals surface area contributed by atoms with Gasteiger partial charge in [0, 0.05) is 16.7 Å². The minimum absolute atomic E-state index is 0.101. The Morgan fingerprint density at radius 1 is 0.618 bits per heavy atom. The van der Waals surface area contributed by atoms with E-state index >= 15 is 0 Å². The summed E-state index contributed by atoms with van der Waals surface area (Å²) in [6.07, 6.45) is 3.97. The highest BCUT2D eigenvalue weighted by molar-refractivity contribution is 5.74. The van der Waals surface area contributed by atoms with Crippen molar-refractivity contribution in [2.75, 3.05) is 7.11 Å². The lowest BCUT2D eigenvalue weighted by atomic mass is 10.00. The van der Waals surface area contributed by atoms with Gasteiger partial charge in [0.15, 0.2) is 23.2 Å². The van der Waals surface area contributed by atoms with Crippen molar-refractivity contribution >= 4 is 12.2 Å². The first-order valence-electron chi connectivity index (χ1n) is 10.8. The van der Waals surface area contributed by atoms with Gasteiger partial charge in [0.05, 0.1) is 7.11 Å². The molecule has 34 heavy (non-hydrogen) atoms. The van der Waals surface area contributed by atoms with Crippen molar-refractivity contribution in [2.24, 2.45) is 0 Å². The largest absolute Gasteiger partial charge is 0.494 e. The quantitative estimate of drug-likeness (QED) is 0.207. The van der Waals surface area contributed by atoms with Gasteiger partial charge >= 0.3 is 0 Å². The molecule has 0 atom stereocenters. The highest BCUT2D eigenvalue weighted by Gasteiger charge is 2.15. The molecule has 0 heterocycles. The molecule has 0 bridgehead atoms. The zero-order chi connectivity index (χ0) is 24.2. The average molecular weight is 462 g/mol. The van der Waals surface area contributed by atoms with Crippen LogP contribution in [0.1, 0.15) is 23.6 Å². The van der Waals surface area contributed by atoms with Crippen molar-refractivity contribution in [3.8, 4) is 28.0 Å². The summed E-state index contributed by atoms with van der Waals surface area (Å²) >= 11 is 0. The number of ether oxygens (including phenoxy) is 1. The van der Waals surface area contributed by atoms with E-state index in [4.69, 9.17) is 4.74 Å². The summed E-state index contributed by atoms with van der Waals surface area (Å²) in [5.41, 5.74) is 3.32. The van der Waals surface area contributed by atoms with Crippen molar-refractivity contribution in [3.05, 3.63) is 113 Å². The zero-order valence-electron chi connectivity index (χ0n) is 18.7. The molecule has 0 aliphatic carbocycles. The lowest BCUT2D eigenvalue weighted by Crippen LogP contribution is -1.95. The molecule has 0 aliphatic rings. The number of rotatable bonds is 6. The second-order valence-electron chi connectivity index (χ2n) is 7.78. The monoisotopic (exact) mass is 462 g/mol. The number of hydrogen-bond donors (Lipinski definition) is 0. The molecule has 4 rings (SSSR count). The van der Waals surface area contributed by atoms with Crippen molar-refractivity contribution in [2.45, 2.75) is 13.3 Å². The maximum Gasteiger partial charge on any atom is 0.201 e. The lowest BCUT2D eigenvalue weighted by molar-refractivity contribution is 0.372. The van der Waals surface area contributed by atoms with E-state index in [2.05, 4.69) is 0 Å². The van der Waals surface area contributed by atoms with Crippen LogP contribution in [0.2, 0.25) is 0 Å². The molecule has 0 radical (unpaired) electrons. The molecule has 1 nitrogen and oxygen atoms in total. The second kappa shape index (κ2) is 9.96. The standard InChI is InChI=1S/C29H22F4O/c1-3-18-4-9-20(10-5-18)23-15-14-22(26(30)27(23)31)13-8-19-6-11-21(12-7-19)24-16-17-25(34-2)29(33)28(24)32/h4-17H,3H2,1-2H3. The Hall–Kier alpha value is -3.86. The minimum Gasteiger partial charge on any atom is -0.494 e. The van der Waals surface area contributed by atoms with E-state index in [9.17, 15) is 17.6 Å². The van der Waals surface area contributed by atoms with Crippen molar-refractivity contribution < 1.29 is 22.3 Å². The van der Waals surface area contributed by atoms with Crippen LogP contribution >= 0.6 is 0 Å². The molecule has 172 valence electrons. The molecule has 0 saturated heterocycles. The van der Waals surface area contributed by atoms with Crippen LogP contribution in [0.3, 0.4) is 0 Å². The Morgan fingerprint density at radius 2 is 1.18 bits per heavy atom. The number of methoxy groups -OCH3 is 1. The van der Waals surface area contributed by atoms with Gasteiger partial charge in [-0.15, -0.1) is 0 Å². The Balaban J connectivity index is 1.56. The van der Waals surface area contributed by atoms with Gasteiger partial charge in [0.25, 0.3) is 0 Å². The predicted octanol–water partition coefficient (Wildman–Crippen LogP) is 8.32. The Morgan fingerprint density at radius 3 is 1.76 bits per heavy atom. The van der Waals surface area contributed by atoms with Crippen molar-refractivity contribution in [1.29, 1.82) is 0 Å². The van der Waals surface area contributed by atoms with E-state index < -0.39 is 23.3 Å². The van der Waals surface area contributed by atoms with Crippen LogP contribution in [0.4, 0.5) is 17.6 Å². The molecule has 0 amide bonds. The molecule has 0 saturated carbocycles. The van der Waals surface area contributed by atoms with Crippen LogP contribution in [0.15, 0.2) is 72.8 Å². The number of hydrogen-bond acceptors (Lipinski definition) is 1. The van der Waals surface area contributed by atoms with Crippen LogP contribution in [-0.2, 0) is 6.42 Å². The van der Waals surface area contributed by atoms with Crippen LogP contribution < -0.4 is 4.74 Å². The summed E-state index contributed by atoms with van der Waals surface area (Å²) in [5, 5.41) is 0. The number of aryl methyl sites for hydroxylation is 1. The summed E-state index contributed by atoms with van der Waals surface area (Å²) in [7, 11) is 1.27. The van der Waals surface area contributed by atoms with E-state index in [1.165, 1.54) is 31.4 Å². The van der Waals surface area contributed by atoms with E-state index in [1.807, 2.05) is 19.1 Å². The Labute approximate surface area is 196 Å². The summed E-state index contributed by atoms with van der Waals surface area (Å²) < 4.78 is 62.6. The summed E-state index contributed by atoms with van der Waals surface area (Å²) in [5.74, 6) is -4.05. The zero-order valence-corrected chi connectivity index (χ0v) is 18.7. The summed E-state index contributed by atoms with van der Waals surface area (Å²) in [6.45, 7) is 2.03. The van der Waals surface area contributed by atoms with Crippen LogP contribution in [0, 0.1) is 23.3 Å². The molecule has 0 spiro atoms. The average Bonchev–Trinajstić information content (AvgIpc) is 2.87. The third kappa shape index (κ3) is 4.60. The lowest BCUT2D eigenvalue weighted by Gasteiger charge is -2.08. The fourth-order valence-corrected chi connectivity index (χ4v) is 3.71. The molecule has 0 fully saturated rings. The normalized spacial score (nSPS) is 11.2. The van der Waals surface area contributed by atoms with Crippen molar-refractivity contribution in [1.82, 2.24) is 0 Å². The maximum atomic E-state index is 14.7. The van der Waals surface area contributed by atoms with Gasteiger partial charge < -0.3 is 4.74 Å². The fraction of sp³-hybridized carbons (Fsp3) is 0.103. The van der Waals surface area contributed by atoms with E-state index in [0.717, 1.165) is 12.0 Å². The molecule has 4 aromatic carbocycles. The van der Waals surface area contributed by atoms with Crippen LogP contribution in [-0.4, -0.2) is 7.11 Å². The Kier molecular flexibility index (Phi) is 6.82. The van der Waals surface area contributed by atoms with Gasteiger partial charge in [-0.05, 0) is 40.8 Å². The van der Waals surface area contributed by atoms with Crippen LogP contribution in [0.5, 0.6) is 5.75 Å². The van der Waals surface area contributed by atoms with Gasteiger partial charge in [-0.1, -0.05) is 79.7 Å². The first-order chi connectivity index (χ1) is 16.4. The first-order valence-corrected chi connectivity index (χ1v) is 10.8. The molecular formula is C29H22F4O. The van der Waals surface area contributed by atoms with Gasteiger partial charge in [-0.2, -0.15) is 4.39 Å². The molecule has 0 N–H and O–H groups in total. The van der Waals surface area contributed by atoms with Gasteiger partial charge in [-0.3, -0.25) is 0 Å². The fourth-order valence-electron chi connectivity index (χ4n) is 3.71. The third-order valence-electron chi connectivity index (χ3n) is 5.73. The van der Waals surface area contributed by atoms with E-state index in [-0.39, 0.29) is 22.4 Å². The number of halogens is 4. The second-order valence-corrected chi connectivity index (χ2v) is 7.78. The van der Waals surface area contributed by atoms with Gasteiger partial charge in [0.2, 0.25) is 5.82 Å². The van der Waals surface area contributed by atoms with Crippen LogP contribution in [0.25, 0.3) is 34.4 Å². The highest BCUT2D eigenvalue weighted by atomic mass is 19.2. The highest BCUT2D eigenvalue weighted by Crippen LogP contribution is 2.31. The van der Waals surface area contributed by atoms with Gasteiger partial charge in [0.1, 0.15) is 0 Å². The third-order valence-corrected chi connectivity index (χ3v) is 5.73. The molecule has 5 heteroatoms. The molecule has 0 aliphatic heterocycles. The van der Waals surface area contributed by atoms with Crippen molar-refractivity contribution in [3.63, 3.8) is 0 Å². The SMILES string of the molecule is CCc1ccc(-c2ccc(C=Cc3ccc(-c4ccc(OC)c(F)c4F)cc3)c(F)c2F)cc1. The smallest absolute Gasteiger partial charge is 0.201 e. The molecular weight excluding hydrogens is 440 g/mol. The van der Waals surface area contributed by atoms with E-state index in [1.54, 1.807) is 48.5 Å². The molecule has 4 aromatic rings. The maximum absolute atomic E-state index is 14.7.